The minimum absolute atomic E-state index is 0.870. The molecule has 0 fully saturated rings. The molecule has 0 atom stereocenters. The lowest BCUT2D eigenvalue weighted by Gasteiger charge is -2.27. The lowest BCUT2D eigenvalue weighted by molar-refractivity contribution is 0.669. The molecule has 11 aromatic rings. The molecule has 9 aromatic carbocycles. The van der Waals surface area contributed by atoms with Crippen molar-refractivity contribution in [1.82, 2.24) is 0 Å². The molecule has 0 aliphatic carbocycles. The molecule has 2 aromatic heterocycles. The molecule has 238 valence electrons. The average molecular weight is 652 g/mol. The van der Waals surface area contributed by atoms with Crippen molar-refractivity contribution < 1.29 is 8.83 Å². The van der Waals surface area contributed by atoms with E-state index < -0.39 is 0 Å². The summed E-state index contributed by atoms with van der Waals surface area (Å²) in [6, 6.07) is 62.7. The maximum absolute atomic E-state index is 6.38. The van der Waals surface area contributed by atoms with Gasteiger partial charge in [-0.1, -0.05) is 115 Å². The highest BCUT2D eigenvalue weighted by Crippen LogP contribution is 2.45. The second-order valence-electron chi connectivity index (χ2n) is 13.3. The van der Waals surface area contributed by atoms with E-state index in [1.54, 1.807) is 0 Å². The first-order valence-corrected chi connectivity index (χ1v) is 17.3. The van der Waals surface area contributed by atoms with Crippen LogP contribution in [-0.2, 0) is 0 Å². The third-order valence-electron chi connectivity index (χ3n) is 10.4. The van der Waals surface area contributed by atoms with Gasteiger partial charge in [0.05, 0.1) is 11.1 Å². The van der Waals surface area contributed by atoms with Crippen molar-refractivity contribution in [2.75, 3.05) is 4.90 Å². The second kappa shape index (κ2) is 10.8. The van der Waals surface area contributed by atoms with Gasteiger partial charge in [0, 0.05) is 27.5 Å². The van der Waals surface area contributed by atoms with Crippen molar-refractivity contribution >= 4 is 93.3 Å². The van der Waals surface area contributed by atoms with Gasteiger partial charge in [0.25, 0.3) is 0 Å². The summed E-state index contributed by atoms with van der Waals surface area (Å²) in [5.74, 6) is 0. The first-order valence-electron chi connectivity index (χ1n) is 17.3. The Morgan fingerprint density at radius 1 is 0.333 bits per heavy atom. The van der Waals surface area contributed by atoms with Gasteiger partial charge in [-0.05, 0) is 104 Å². The molecule has 0 bridgehead atoms. The van der Waals surface area contributed by atoms with Crippen molar-refractivity contribution in [2.45, 2.75) is 0 Å². The SMILES string of the molecule is c1ccc2c(-c3ccc(N(c4ccc5c(ccc6cc7oc8ccccc8c7cc65)c4)c4cccc5oc6ccccc6c45)cc3)cccc2c1. The number of hydrogen-bond donors (Lipinski definition) is 0. The number of benzene rings is 9. The summed E-state index contributed by atoms with van der Waals surface area (Å²) in [7, 11) is 0. The van der Waals surface area contributed by atoms with Crippen LogP contribution in [0.2, 0.25) is 0 Å². The van der Waals surface area contributed by atoms with Gasteiger partial charge in [0.2, 0.25) is 0 Å². The van der Waals surface area contributed by atoms with E-state index in [4.69, 9.17) is 8.83 Å². The molecule has 3 nitrogen and oxygen atoms in total. The van der Waals surface area contributed by atoms with Gasteiger partial charge in [-0.15, -0.1) is 0 Å². The van der Waals surface area contributed by atoms with Crippen molar-refractivity contribution in [1.29, 1.82) is 0 Å². The molecule has 0 aliphatic rings. The normalized spacial score (nSPS) is 11.9. The maximum atomic E-state index is 6.38. The number of furan rings is 2. The minimum atomic E-state index is 0.870. The molecule has 0 unspecified atom stereocenters. The maximum Gasteiger partial charge on any atom is 0.137 e. The number of anilines is 3. The Morgan fingerprint density at radius 2 is 0.980 bits per heavy atom. The average Bonchev–Trinajstić information content (AvgIpc) is 3.75. The highest BCUT2D eigenvalue weighted by molar-refractivity contribution is 6.17. The van der Waals surface area contributed by atoms with Crippen LogP contribution in [0.1, 0.15) is 0 Å². The molecule has 0 N–H and O–H groups in total. The second-order valence-corrected chi connectivity index (χ2v) is 13.3. The van der Waals surface area contributed by atoms with E-state index in [1.165, 1.54) is 38.1 Å². The van der Waals surface area contributed by atoms with Crippen LogP contribution in [0.15, 0.2) is 185 Å². The van der Waals surface area contributed by atoms with Gasteiger partial charge in [-0.2, -0.15) is 0 Å². The Labute approximate surface area is 293 Å². The first kappa shape index (κ1) is 28.0. The predicted molar refractivity (Wildman–Crippen MR) is 214 cm³/mol. The summed E-state index contributed by atoms with van der Waals surface area (Å²) in [4.78, 5) is 2.37. The van der Waals surface area contributed by atoms with E-state index in [0.717, 1.165) is 66.3 Å². The minimum Gasteiger partial charge on any atom is -0.456 e. The van der Waals surface area contributed by atoms with Crippen LogP contribution in [0, 0.1) is 0 Å². The number of para-hydroxylation sites is 2. The van der Waals surface area contributed by atoms with Crippen molar-refractivity contribution in [3.63, 3.8) is 0 Å². The van der Waals surface area contributed by atoms with Crippen molar-refractivity contribution in [2.24, 2.45) is 0 Å². The fraction of sp³-hybridized carbons (Fsp3) is 0. The topological polar surface area (TPSA) is 29.5 Å². The zero-order chi connectivity index (χ0) is 33.5. The fourth-order valence-electron chi connectivity index (χ4n) is 8.05. The van der Waals surface area contributed by atoms with E-state index in [0.29, 0.717) is 0 Å². The van der Waals surface area contributed by atoms with Gasteiger partial charge in [-0.25, -0.2) is 0 Å². The van der Waals surface area contributed by atoms with Crippen LogP contribution in [-0.4, -0.2) is 0 Å². The molecule has 0 aliphatic heterocycles. The van der Waals surface area contributed by atoms with Gasteiger partial charge in [0.1, 0.15) is 22.3 Å². The van der Waals surface area contributed by atoms with Gasteiger partial charge in [0.15, 0.2) is 0 Å². The molecule has 11 rings (SSSR count). The van der Waals surface area contributed by atoms with Crippen LogP contribution in [0.3, 0.4) is 0 Å². The quantitative estimate of drug-likeness (QED) is 0.177. The third-order valence-corrected chi connectivity index (χ3v) is 10.4. The van der Waals surface area contributed by atoms with E-state index >= 15 is 0 Å². The summed E-state index contributed by atoms with van der Waals surface area (Å²) in [5, 5.41) is 11.7. The molecule has 0 spiro atoms. The Morgan fingerprint density at radius 3 is 1.84 bits per heavy atom. The van der Waals surface area contributed by atoms with Crippen LogP contribution in [0.5, 0.6) is 0 Å². The lowest BCUT2D eigenvalue weighted by Crippen LogP contribution is -2.10. The summed E-state index contributed by atoms with van der Waals surface area (Å²) >= 11 is 0. The van der Waals surface area contributed by atoms with Gasteiger partial charge >= 0.3 is 0 Å². The lowest BCUT2D eigenvalue weighted by atomic mass is 9.97. The summed E-state index contributed by atoms with van der Waals surface area (Å²) in [6.07, 6.45) is 0. The zero-order valence-electron chi connectivity index (χ0n) is 27.5. The molecule has 0 saturated heterocycles. The zero-order valence-corrected chi connectivity index (χ0v) is 27.5. The predicted octanol–water partition coefficient (Wildman–Crippen LogP) is 14.1. The van der Waals surface area contributed by atoms with Crippen LogP contribution >= 0.6 is 0 Å². The Hall–Kier alpha value is -6.84. The van der Waals surface area contributed by atoms with E-state index in [-0.39, 0.29) is 0 Å². The van der Waals surface area contributed by atoms with Gasteiger partial charge in [-0.3, -0.25) is 0 Å². The molecule has 0 saturated carbocycles. The van der Waals surface area contributed by atoms with E-state index in [2.05, 4.69) is 157 Å². The van der Waals surface area contributed by atoms with Crippen LogP contribution in [0.25, 0.3) is 87.3 Å². The standard InChI is InChI=1S/C48H29NO2/c1-2-11-36-30(9-1)10-7-14-37(36)31-21-23-34(24-22-31)49(43-15-8-18-46-48(43)40-13-4-6-17-45(40)50-46)35-25-26-38-32(27-35)19-20-33-28-47-42(29-41(33)38)39-12-3-5-16-44(39)51-47/h1-29H. The molecule has 0 amide bonds. The summed E-state index contributed by atoms with van der Waals surface area (Å²) < 4.78 is 12.6. The Balaban J connectivity index is 1.12. The molecular weight excluding hydrogens is 623 g/mol. The highest BCUT2D eigenvalue weighted by atomic mass is 16.3. The molecule has 3 heteroatoms. The smallest absolute Gasteiger partial charge is 0.137 e. The van der Waals surface area contributed by atoms with Gasteiger partial charge < -0.3 is 13.7 Å². The number of nitrogens with zero attached hydrogens (tertiary/aromatic N) is 1. The van der Waals surface area contributed by atoms with Crippen LogP contribution < -0.4 is 4.90 Å². The largest absolute Gasteiger partial charge is 0.456 e. The van der Waals surface area contributed by atoms with Crippen molar-refractivity contribution in [3.8, 4) is 11.1 Å². The fourth-order valence-corrected chi connectivity index (χ4v) is 8.05. The number of rotatable bonds is 4. The highest BCUT2D eigenvalue weighted by Gasteiger charge is 2.20. The van der Waals surface area contributed by atoms with Crippen LogP contribution in [0.4, 0.5) is 17.1 Å². The Bertz CT molecular complexity index is 3140. The monoisotopic (exact) mass is 651 g/mol. The van der Waals surface area contributed by atoms with E-state index in [1.807, 2.05) is 24.3 Å². The first-order chi connectivity index (χ1) is 25.3. The Kier molecular flexibility index (Phi) is 5.96. The summed E-state index contributed by atoms with van der Waals surface area (Å²) in [5.41, 5.74) is 9.22. The number of hydrogen-bond acceptors (Lipinski definition) is 3. The van der Waals surface area contributed by atoms with E-state index in [9.17, 15) is 0 Å². The molecular formula is C48H29NO2. The molecule has 0 radical (unpaired) electrons. The van der Waals surface area contributed by atoms with Crippen molar-refractivity contribution in [3.05, 3.63) is 176 Å². The third kappa shape index (κ3) is 4.32. The molecule has 2 heterocycles. The number of fused-ring (bicyclic) bond motifs is 10. The summed E-state index contributed by atoms with van der Waals surface area (Å²) in [6.45, 7) is 0. The molecule has 51 heavy (non-hydrogen) atoms.